The van der Waals surface area contributed by atoms with Crippen LogP contribution in [-0.4, -0.2) is 40.0 Å². The van der Waals surface area contributed by atoms with Crippen molar-refractivity contribution in [2.45, 2.75) is 68.5 Å². The second-order valence-electron chi connectivity index (χ2n) is 5.84. The average Bonchev–Trinajstić information content (AvgIpc) is 3.33. The minimum absolute atomic E-state index is 0.172. The first kappa shape index (κ1) is 21.5. The second kappa shape index (κ2) is 9.83. The van der Waals surface area contributed by atoms with Crippen molar-refractivity contribution in [2.75, 3.05) is 6.61 Å². The van der Waals surface area contributed by atoms with Gasteiger partial charge in [0.15, 0.2) is 0 Å². The molecular weight excluding hydrogens is 372 g/mol. The van der Waals surface area contributed by atoms with Gasteiger partial charge in [-0.3, -0.25) is 0 Å². The standard InChI is InChI=1S/C12H22N6O5S2/c1-2-11(24(19,20)17-15-13)6-4-8-12(25(21,22)18-16-14)7-3-5-10-9-23-10/h10-12H,2-9H2,1H3. The Balaban J connectivity index is 2.66. The first-order chi connectivity index (χ1) is 11.8. The zero-order valence-corrected chi connectivity index (χ0v) is 15.6. The van der Waals surface area contributed by atoms with Crippen molar-refractivity contribution in [3.8, 4) is 0 Å². The molecule has 1 heterocycles. The maximum Gasteiger partial charge on any atom is 0.238 e. The molecule has 1 fully saturated rings. The molecule has 1 rings (SSSR count). The first-order valence-corrected chi connectivity index (χ1v) is 11.0. The summed E-state index contributed by atoms with van der Waals surface area (Å²) in [6, 6.07) is 0. The summed E-state index contributed by atoms with van der Waals surface area (Å²) >= 11 is 0. The second-order valence-corrected chi connectivity index (χ2v) is 9.56. The lowest BCUT2D eigenvalue weighted by Gasteiger charge is -2.16. The lowest BCUT2D eigenvalue weighted by Crippen LogP contribution is -2.22. The molecule has 0 N–H and O–H groups in total. The van der Waals surface area contributed by atoms with Gasteiger partial charge >= 0.3 is 0 Å². The van der Waals surface area contributed by atoms with Gasteiger partial charge in [-0.15, -0.1) is 0 Å². The Morgan fingerprint density at radius 1 is 1.00 bits per heavy atom. The third-order valence-corrected chi connectivity index (χ3v) is 7.43. The summed E-state index contributed by atoms with van der Waals surface area (Å²) in [6.45, 7) is 2.34. The van der Waals surface area contributed by atoms with Crippen LogP contribution in [0.25, 0.3) is 20.9 Å². The lowest BCUT2D eigenvalue weighted by molar-refractivity contribution is 0.387. The summed E-state index contributed by atoms with van der Waals surface area (Å²) in [4.78, 5) is 4.69. The van der Waals surface area contributed by atoms with Gasteiger partial charge in [0.05, 0.1) is 23.2 Å². The van der Waals surface area contributed by atoms with Gasteiger partial charge < -0.3 is 4.74 Å². The van der Waals surface area contributed by atoms with Gasteiger partial charge in [-0.1, -0.05) is 13.3 Å². The van der Waals surface area contributed by atoms with E-state index in [0.29, 0.717) is 25.9 Å². The first-order valence-electron chi connectivity index (χ1n) is 7.98. The summed E-state index contributed by atoms with van der Waals surface area (Å²) in [5, 5.41) is -1.71. The van der Waals surface area contributed by atoms with Crippen molar-refractivity contribution in [1.29, 1.82) is 0 Å². The van der Waals surface area contributed by atoms with Crippen LogP contribution < -0.4 is 0 Å². The highest BCUT2D eigenvalue weighted by Gasteiger charge is 2.28. The fourth-order valence-electron chi connectivity index (χ4n) is 2.62. The van der Waals surface area contributed by atoms with Gasteiger partial charge in [0, 0.05) is 18.9 Å². The van der Waals surface area contributed by atoms with Gasteiger partial charge in [0.2, 0.25) is 20.0 Å². The lowest BCUT2D eigenvalue weighted by atomic mass is 10.1. The smallest absolute Gasteiger partial charge is 0.238 e. The molecule has 0 aromatic heterocycles. The Kier molecular flexibility index (Phi) is 8.46. The highest BCUT2D eigenvalue weighted by molar-refractivity contribution is 7.90. The molecule has 1 aliphatic heterocycles. The fraction of sp³-hybridized carbons (Fsp3) is 1.00. The van der Waals surface area contributed by atoms with E-state index in [1.807, 2.05) is 0 Å². The van der Waals surface area contributed by atoms with Gasteiger partial charge in [-0.05, 0) is 49.6 Å². The Labute approximate surface area is 147 Å². The fourth-order valence-corrected chi connectivity index (χ4v) is 4.91. The zero-order valence-electron chi connectivity index (χ0n) is 13.9. The zero-order chi connectivity index (χ0) is 18.9. The third kappa shape index (κ3) is 7.49. The number of hydrogen-bond donors (Lipinski definition) is 0. The van der Waals surface area contributed by atoms with E-state index in [9.17, 15) is 16.8 Å². The summed E-state index contributed by atoms with van der Waals surface area (Å²) in [5.74, 6) is 0. The molecule has 0 spiro atoms. The van der Waals surface area contributed by atoms with Crippen molar-refractivity contribution in [3.05, 3.63) is 20.9 Å². The molecule has 0 aromatic carbocycles. The molecule has 0 radical (unpaired) electrons. The van der Waals surface area contributed by atoms with Crippen LogP contribution in [0.3, 0.4) is 0 Å². The maximum absolute atomic E-state index is 12.0. The molecule has 25 heavy (non-hydrogen) atoms. The summed E-state index contributed by atoms with van der Waals surface area (Å²) in [6.07, 6.45) is 2.76. The summed E-state index contributed by atoms with van der Waals surface area (Å²) in [5.41, 5.74) is 16.7. The number of sulfonamides is 2. The van der Waals surface area contributed by atoms with Crippen molar-refractivity contribution in [2.24, 2.45) is 9.04 Å². The molecule has 0 aliphatic carbocycles. The van der Waals surface area contributed by atoms with Crippen LogP contribution in [0.15, 0.2) is 9.04 Å². The van der Waals surface area contributed by atoms with Crippen molar-refractivity contribution in [1.82, 2.24) is 0 Å². The SMILES string of the molecule is CCC(CCCC(CCCC1CO1)S(=O)(=O)N=[N+]=[N-])S(=O)(=O)N=[N+]=[N-]. The molecule has 142 valence electrons. The maximum atomic E-state index is 12.0. The van der Waals surface area contributed by atoms with Crippen LogP contribution in [0.5, 0.6) is 0 Å². The Hall–Kier alpha value is -1.52. The predicted octanol–water partition coefficient (Wildman–Crippen LogP) is 3.15. The summed E-state index contributed by atoms with van der Waals surface area (Å²) < 4.78 is 58.4. The number of nitrogens with zero attached hydrogens (tertiary/aromatic N) is 6. The molecule has 1 saturated heterocycles. The van der Waals surface area contributed by atoms with Crippen molar-refractivity contribution in [3.63, 3.8) is 0 Å². The molecule has 0 amide bonds. The molecule has 0 bridgehead atoms. The minimum atomic E-state index is -3.96. The van der Waals surface area contributed by atoms with Gasteiger partial charge in [0.1, 0.15) is 0 Å². The van der Waals surface area contributed by atoms with Crippen LogP contribution in [0.2, 0.25) is 0 Å². The number of hydrogen-bond acceptors (Lipinski definition) is 5. The van der Waals surface area contributed by atoms with Gasteiger partial charge in [-0.25, -0.2) is 16.8 Å². The number of ether oxygens (including phenoxy) is 1. The number of rotatable bonds is 13. The van der Waals surface area contributed by atoms with E-state index in [2.05, 4.69) is 18.9 Å². The molecule has 1 aliphatic rings. The van der Waals surface area contributed by atoms with E-state index < -0.39 is 30.5 Å². The molecule has 11 nitrogen and oxygen atoms in total. The highest BCUT2D eigenvalue weighted by atomic mass is 32.2. The van der Waals surface area contributed by atoms with Crippen LogP contribution in [0.4, 0.5) is 0 Å². The third-order valence-electron chi connectivity index (χ3n) is 4.11. The van der Waals surface area contributed by atoms with Gasteiger partial charge in [-0.2, -0.15) is 0 Å². The van der Waals surface area contributed by atoms with E-state index >= 15 is 0 Å². The minimum Gasteiger partial charge on any atom is -0.373 e. The normalized spacial score (nSPS) is 19.3. The monoisotopic (exact) mass is 394 g/mol. The molecule has 0 aromatic rings. The Morgan fingerprint density at radius 2 is 1.48 bits per heavy atom. The quantitative estimate of drug-likeness (QED) is 0.201. The largest absolute Gasteiger partial charge is 0.373 e. The van der Waals surface area contributed by atoms with Crippen molar-refractivity contribution < 1.29 is 21.6 Å². The van der Waals surface area contributed by atoms with E-state index in [4.69, 9.17) is 15.8 Å². The Morgan fingerprint density at radius 3 is 1.96 bits per heavy atom. The van der Waals surface area contributed by atoms with Crippen LogP contribution in [0, 0.1) is 0 Å². The molecule has 13 heteroatoms. The highest BCUT2D eigenvalue weighted by Crippen LogP contribution is 2.24. The van der Waals surface area contributed by atoms with E-state index in [1.54, 1.807) is 6.92 Å². The molecule has 3 atom stereocenters. The van der Waals surface area contributed by atoms with E-state index in [1.165, 1.54) is 0 Å². The van der Waals surface area contributed by atoms with Gasteiger partial charge in [0.25, 0.3) is 0 Å². The topological polar surface area (TPSA) is 178 Å². The number of azide groups is 2. The van der Waals surface area contributed by atoms with E-state index in [-0.39, 0.29) is 25.4 Å². The molecule has 0 saturated carbocycles. The van der Waals surface area contributed by atoms with Crippen LogP contribution in [0.1, 0.15) is 51.9 Å². The predicted molar refractivity (Wildman–Crippen MR) is 91.4 cm³/mol. The average molecular weight is 394 g/mol. The van der Waals surface area contributed by atoms with E-state index in [0.717, 1.165) is 6.42 Å². The number of epoxide rings is 1. The van der Waals surface area contributed by atoms with Crippen LogP contribution in [-0.2, 0) is 24.8 Å². The molecule has 3 unspecified atom stereocenters. The summed E-state index contributed by atoms with van der Waals surface area (Å²) in [7, 11) is -7.89. The molecular formula is C12H22N6O5S2. The Bertz CT molecular complexity index is 736. The van der Waals surface area contributed by atoms with Crippen molar-refractivity contribution >= 4 is 20.0 Å². The van der Waals surface area contributed by atoms with Crippen LogP contribution >= 0.6 is 0 Å².